The number of anilines is 4. The fraction of sp³-hybridized carbons (Fsp3) is 0.167. The second-order valence-corrected chi connectivity index (χ2v) is 7.49. The van der Waals surface area contributed by atoms with Crippen LogP contribution in [0.25, 0.3) is 0 Å². The molecule has 158 valence electrons. The van der Waals surface area contributed by atoms with E-state index < -0.39 is 23.6 Å². The summed E-state index contributed by atoms with van der Waals surface area (Å²) >= 11 is 0. The predicted molar refractivity (Wildman–Crippen MR) is 117 cm³/mol. The lowest BCUT2D eigenvalue weighted by atomic mass is 10.0. The molecule has 0 saturated heterocycles. The van der Waals surface area contributed by atoms with Crippen molar-refractivity contribution in [2.45, 2.75) is 19.4 Å². The third-order valence-electron chi connectivity index (χ3n) is 5.30. The maximum Gasteiger partial charge on any atom is 0.250 e. The Morgan fingerprint density at radius 3 is 2.45 bits per heavy atom. The zero-order valence-electron chi connectivity index (χ0n) is 17.1. The number of fused-ring (bicyclic) bond motifs is 1. The van der Waals surface area contributed by atoms with Crippen molar-refractivity contribution in [3.8, 4) is 0 Å². The molecule has 1 aliphatic rings. The molecular weight excluding hydrogens is 400 g/mol. The number of likely N-dealkylation sites (N-methyl/N-ethyl adjacent to an activating group) is 1. The fourth-order valence-corrected chi connectivity index (χ4v) is 3.78. The summed E-state index contributed by atoms with van der Waals surface area (Å²) < 4.78 is 27.1. The van der Waals surface area contributed by atoms with Gasteiger partial charge in [0.1, 0.15) is 17.7 Å². The van der Waals surface area contributed by atoms with Crippen molar-refractivity contribution >= 4 is 34.6 Å². The summed E-state index contributed by atoms with van der Waals surface area (Å²) in [6, 6.07) is 17.2. The van der Waals surface area contributed by atoms with Gasteiger partial charge in [-0.25, -0.2) is 8.78 Å². The standard InChI is InChI=1S/C24H21F2N3O2/c1-15-8-11-20-21(12-15)29(17-6-4-3-5-7-17)22(24(31)28(20)2)14-23(30)27-19-10-9-16(25)13-18(19)26/h3-13,22H,14H2,1-2H3,(H,27,30). The third-order valence-corrected chi connectivity index (χ3v) is 5.30. The van der Waals surface area contributed by atoms with Crippen LogP contribution in [0.3, 0.4) is 0 Å². The van der Waals surface area contributed by atoms with Crippen molar-refractivity contribution in [3.05, 3.63) is 83.9 Å². The molecule has 0 aliphatic carbocycles. The molecule has 0 aromatic heterocycles. The van der Waals surface area contributed by atoms with Crippen LogP contribution < -0.4 is 15.1 Å². The van der Waals surface area contributed by atoms with Crippen molar-refractivity contribution in [1.82, 2.24) is 0 Å². The van der Waals surface area contributed by atoms with Gasteiger partial charge in [-0.15, -0.1) is 0 Å². The van der Waals surface area contributed by atoms with E-state index >= 15 is 0 Å². The molecule has 1 N–H and O–H groups in total. The molecular formula is C24H21F2N3O2. The van der Waals surface area contributed by atoms with E-state index in [0.717, 1.165) is 34.8 Å². The zero-order valence-corrected chi connectivity index (χ0v) is 17.1. The summed E-state index contributed by atoms with van der Waals surface area (Å²) in [5.41, 5.74) is 3.19. The minimum Gasteiger partial charge on any atom is -0.327 e. The molecule has 31 heavy (non-hydrogen) atoms. The van der Waals surface area contributed by atoms with Gasteiger partial charge in [0, 0.05) is 18.8 Å². The van der Waals surface area contributed by atoms with Crippen LogP contribution >= 0.6 is 0 Å². The monoisotopic (exact) mass is 421 g/mol. The maximum absolute atomic E-state index is 14.0. The molecule has 0 saturated carbocycles. The van der Waals surface area contributed by atoms with Crippen LogP contribution in [0.1, 0.15) is 12.0 Å². The van der Waals surface area contributed by atoms with Gasteiger partial charge >= 0.3 is 0 Å². The van der Waals surface area contributed by atoms with Crippen molar-refractivity contribution < 1.29 is 18.4 Å². The Hall–Kier alpha value is -3.74. The second kappa shape index (κ2) is 8.18. The molecule has 1 heterocycles. The van der Waals surface area contributed by atoms with Gasteiger partial charge in [-0.2, -0.15) is 0 Å². The van der Waals surface area contributed by atoms with E-state index in [-0.39, 0.29) is 18.0 Å². The van der Waals surface area contributed by atoms with Crippen molar-refractivity contribution in [2.24, 2.45) is 0 Å². The number of carbonyl (C=O) groups excluding carboxylic acids is 2. The van der Waals surface area contributed by atoms with Crippen LogP contribution in [0.5, 0.6) is 0 Å². The molecule has 0 radical (unpaired) electrons. The topological polar surface area (TPSA) is 52.7 Å². The molecule has 3 aromatic carbocycles. The number of benzene rings is 3. The first-order chi connectivity index (χ1) is 14.8. The Morgan fingerprint density at radius 1 is 1.00 bits per heavy atom. The van der Waals surface area contributed by atoms with Crippen LogP contribution in [-0.4, -0.2) is 24.9 Å². The first-order valence-electron chi connectivity index (χ1n) is 9.82. The highest BCUT2D eigenvalue weighted by atomic mass is 19.1. The number of aryl methyl sites for hydroxylation is 1. The van der Waals surface area contributed by atoms with E-state index in [2.05, 4.69) is 5.32 Å². The zero-order chi connectivity index (χ0) is 22.1. The molecule has 0 spiro atoms. The number of amides is 2. The van der Waals surface area contributed by atoms with Crippen molar-refractivity contribution in [2.75, 3.05) is 22.2 Å². The normalized spacial score (nSPS) is 15.6. The lowest BCUT2D eigenvalue weighted by Crippen LogP contribution is -2.51. The quantitative estimate of drug-likeness (QED) is 0.659. The number of hydrogen-bond acceptors (Lipinski definition) is 3. The maximum atomic E-state index is 14.0. The summed E-state index contributed by atoms with van der Waals surface area (Å²) in [5.74, 6) is -2.41. The van der Waals surface area contributed by atoms with Gasteiger partial charge in [-0.1, -0.05) is 24.3 Å². The van der Waals surface area contributed by atoms with Gasteiger partial charge in [0.25, 0.3) is 0 Å². The Kier molecular flexibility index (Phi) is 5.42. The highest BCUT2D eigenvalue weighted by molar-refractivity contribution is 6.09. The Balaban J connectivity index is 1.70. The van der Waals surface area contributed by atoms with Crippen LogP contribution in [0.2, 0.25) is 0 Å². The predicted octanol–water partition coefficient (Wildman–Crippen LogP) is 4.79. The SMILES string of the molecule is Cc1ccc2c(c1)N(c1ccccc1)C(CC(=O)Nc1ccc(F)cc1F)C(=O)N2C. The van der Waals surface area contributed by atoms with Gasteiger partial charge < -0.3 is 15.1 Å². The first-order valence-corrected chi connectivity index (χ1v) is 9.82. The van der Waals surface area contributed by atoms with E-state index in [4.69, 9.17) is 0 Å². The molecule has 3 aromatic rings. The van der Waals surface area contributed by atoms with E-state index in [1.807, 2.05) is 60.4 Å². The van der Waals surface area contributed by atoms with Crippen LogP contribution in [0, 0.1) is 18.6 Å². The van der Waals surface area contributed by atoms with Gasteiger partial charge in [-0.3, -0.25) is 9.59 Å². The number of rotatable bonds is 4. The van der Waals surface area contributed by atoms with Gasteiger partial charge in [0.05, 0.1) is 23.5 Å². The molecule has 2 amide bonds. The lowest BCUT2D eigenvalue weighted by Gasteiger charge is -2.41. The average molecular weight is 421 g/mol. The van der Waals surface area contributed by atoms with Crippen molar-refractivity contribution in [3.63, 3.8) is 0 Å². The van der Waals surface area contributed by atoms with Gasteiger partial charge in [0.15, 0.2) is 0 Å². The summed E-state index contributed by atoms with van der Waals surface area (Å²) in [5, 5.41) is 2.45. The smallest absolute Gasteiger partial charge is 0.250 e. The molecule has 1 atom stereocenters. The molecule has 5 nitrogen and oxygen atoms in total. The molecule has 0 bridgehead atoms. The van der Waals surface area contributed by atoms with Gasteiger partial charge in [-0.05, 0) is 48.9 Å². The van der Waals surface area contributed by atoms with E-state index in [0.29, 0.717) is 6.07 Å². The number of para-hydroxylation sites is 1. The van der Waals surface area contributed by atoms with Crippen LogP contribution in [-0.2, 0) is 9.59 Å². The minimum atomic E-state index is -0.874. The summed E-state index contributed by atoms with van der Waals surface area (Å²) in [6.45, 7) is 1.96. The number of halogens is 2. The highest BCUT2D eigenvalue weighted by Crippen LogP contribution is 2.41. The minimum absolute atomic E-state index is 0.134. The largest absolute Gasteiger partial charge is 0.327 e. The number of hydrogen-bond donors (Lipinski definition) is 1. The average Bonchev–Trinajstić information content (AvgIpc) is 2.74. The third kappa shape index (κ3) is 3.99. The Morgan fingerprint density at radius 2 is 1.74 bits per heavy atom. The van der Waals surface area contributed by atoms with Gasteiger partial charge in [0.2, 0.25) is 11.8 Å². The van der Waals surface area contributed by atoms with Crippen molar-refractivity contribution in [1.29, 1.82) is 0 Å². The molecule has 7 heteroatoms. The Labute approximate surface area is 178 Å². The summed E-state index contributed by atoms with van der Waals surface area (Å²) in [6.07, 6.45) is -0.206. The van der Waals surface area contributed by atoms with E-state index in [9.17, 15) is 18.4 Å². The van der Waals surface area contributed by atoms with Crippen LogP contribution in [0.4, 0.5) is 31.5 Å². The first kappa shape index (κ1) is 20.5. The van der Waals surface area contributed by atoms with E-state index in [1.54, 1.807) is 7.05 Å². The van der Waals surface area contributed by atoms with Crippen LogP contribution in [0.15, 0.2) is 66.7 Å². The van der Waals surface area contributed by atoms with E-state index in [1.165, 1.54) is 4.90 Å². The fourth-order valence-electron chi connectivity index (χ4n) is 3.78. The molecule has 4 rings (SSSR count). The number of nitrogens with zero attached hydrogens (tertiary/aromatic N) is 2. The highest BCUT2D eigenvalue weighted by Gasteiger charge is 2.38. The number of carbonyl (C=O) groups is 2. The second-order valence-electron chi connectivity index (χ2n) is 7.49. The molecule has 0 fully saturated rings. The molecule has 1 unspecified atom stereocenters. The number of nitrogens with one attached hydrogen (secondary N) is 1. The Bertz CT molecular complexity index is 1150. The summed E-state index contributed by atoms with van der Waals surface area (Å²) in [4.78, 5) is 29.4. The lowest BCUT2D eigenvalue weighted by molar-refractivity contribution is -0.123. The molecule has 1 aliphatic heterocycles. The summed E-state index contributed by atoms with van der Waals surface area (Å²) in [7, 11) is 1.67.